The summed E-state index contributed by atoms with van der Waals surface area (Å²) in [5, 5.41) is 3.28. The molecule has 0 radical (unpaired) electrons. The molecular weight excluding hydrogens is 226 g/mol. The van der Waals surface area contributed by atoms with E-state index in [1.54, 1.807) is 0 Å². The molecule has 3 rings (SSSR count). The van der Waals surface area contributed by atoms with Crippen molar-refractivity contribution in [2.24, 2.45) is 0 Å². The van der Waals surface area contributed by atoms with Crippen LogP contribution >= 0.6 is 0 Å². The van der Waals surface area contributed by atoms with E-state index in [4.69, 9.17) is 4.74 Å². The molecule has 2 fully saturated rings. The van der Waals surface area contributed by atoms with Gasteiger partial charge in [0.25, 0.3) is 0 Å². The van der Waals surface area contributed by atoms with Crippen molar-refractivity contribution in [3.8, 4) is 0 Å². The van der Waals surface area contributed by atoms with Crippen LogP contribution in [0.1, 0.15) is 26.2 Å². The van der Waals surface area contributed by atoms with E-state index in [9.17, 15) is 0 Å². The summed E-state index contributed by atoms with van der Waals surface area (Å²) in [5.41, 5.74) is 1.28. The average molecular weight is 247 g/mol. The smallest absolute Gasteiger partial charge is 0.127 e. The number of anilines is 2. The summed E-state index contributed by atoms with van der Waals surface area (Å²) in [6.45, 7) is 4.85. The van der Waals surface area contributed by atoms with Crippen LogP contribution in [-0.4, -0.2) is 36.8 Å². The summed E-state index contributed by atoms with van der Waals surface area (Å²) in [6, 6.07) is 4.83. The lowest BCUT2D eigenvalue weighted by atomic mass is 10.1. The molecule has 1 saturated carbocycles. The summed E-state index contributed by atoms with van der Waals surface area (Å²) in [7, 11) is 0. The number of hydrogen-bond acceptors (Lipinski definition) is 4. The van der Waals surface area contributed by atoms with Gasteiger partial charge in [0.1, 0.15) is 5.82 Å². The van der Waals surface area contributed by atoms with Gasteiger partial charge in [-0.25, -0.2) is 4.98 Å². The van der Waals surface area contributed by atoms with Crippen molar-refractivity contribution in [2.75, 3.05) is 29.9 Å². The average Bonchev–Trinajstić information content (AvgIpc) is 2.87. The number of ether oxygens (including phenoxy) is 1. The third-order valence-electron chi connectivity index (χ3n) is 3.92. The summed E-state index contributed by atoms with van der Waals surface area (Å²) in [6.07, 6.45) is 6.09. The van der Waals surface area contributed by atoms with Crippen LogP contribution in [0.5, 0.6) is 0 Å². The van der Waals surface area contributed by atoms with Crippen LogP contribution in [0.15, 0.2) is 18.3 Å². The largest absolute Gasteiger partial charge is 0.374 e. The van der Waals surface area contributed by atoms with E-state index in [1.165, 1.54) is 24.9 Å². The first-order valence-corrected chi connectivity index (χ1v) is 6.96. The van der Waals surface area contributed by atoms with Crippen LogP contribution in [0.4, 0.5) is 11.5 Å². The maximum atomic E-state index is 5.86. The van der Waals surface area contributed by atoms with Crippen LogP contribution in [0.25, 0.3) is 0 Å². The molecule has 98 valence electrons. The van der Waals surface area contributed by atoms with E-state index >= 15 is 0 Å². The topological polar surface area (TPSA) is 37.4 Å². The Morgan fingerprint density at radius 2 is 2.44 bits per heavy atom. The predicted octanol–water partition coefficient (Wildman–Crippen LogP) is 2.27. The van der Waals surface area contributed by atoms with Crippen molar-refractivity contribution in [1.29, 1.82) is 0 Å². The fraction of sp³-hybridized carbons (Fsp3) is 0.643. The number of aromatic nitrogens is 1. The summed E-state index contributed by atoms with van der Waals surface area (Å²) >= 11 is 0. The van der Waals surface area contributed by atoms with E-state index < -0.39 is 0 Å². The molecule has 0 aromatic carbocycles. The zero-order chi connectivity index (χ0) is 12.4. The van der Waals surface area contributed by atoms with Gasteiger partial charge in [0.2, 0.25) is 0 Å². The van der Waals surface area contributed by atoms with Crippen LogP contribution < -0.4 is 10.2 Å². The highest BCUT2D eigenvalue weighted by Gasteiger charge is 2.36. The minimum atomic E-state index is 0.439. The molecule has 1 aliphatic heterocycles. The van der Waals surface area contributed by atoms with Gasteiger partial charge in [-0.3, -0.25) is 0 Å². The van der Waals surface area contributed by atoms with Crippen molar-refractivity contribution < 1.29 is 4.74 Å². The Balaban J connectivity index is 1.82. The molecule has 1 saturated heterocycles. The number of hydrogen-bond donors (Lipinski definition) is 1. The van der Waals surface area contributed by atoms with Crippen LogP contribution in [0.3, 0.4) is 0 Å². The molecule has 2 heterocycles. The number of morpholine rings is 1. The summed E-state index contributed by atoms with van der Waals surface area (Å²) < 4.78 is 5.86. The zero-order valence-electron chi connectivity index (χ0n) is 10.9. The molecular formula is C14H21N3O. The SMILES string of the molecule is CCNc1cc(N2CCOC3CCCC32)ccn1. The Morgan fingerprint density at radius 3 is 3.33 bits per heavy atom. The lowest BCUT2D eigenvalue weighted by Gasteiger charge is -2.39. The Morgan fingerprint density at radius 1 is 1.50 bits per heavy atom. The van der Waals surface area contributed by atoms with E-state index in [-0.39, 0.29) is 0 Å². The molecule has 2 unspecified atom stereocenters. The number of pyridine rings is 1. The van der Waals surface area contributed by atoms with Gasteiger partial charge in [0.05, 0.1) is 18.8 Å². The summed E-state index contributed by atoms with van der Waals surface area (Å²) in [5.74, 6) is 0.969. The minimum absolute atomic E-state index is 0.439. The maximum Gasteiger partial charge on any atom is 0.127 e. The highest BCUT2D eigenvalue weighted by molar-refractivity contribution is 5.55. The fourth-order valence-electron chi connectivity index (χ4n) is 3.12. The lowest BCUT2D eigenvalue weighted by molar-refractivity contribution is 0.0256. The molecule has 4 nitrogen and oxygen atoms in total. The number of nitrogens with zero attached hydrogens (tertiary/aromatic N) is 2. The van der Waals surface area contributed by atoms with E-state index in [0.29, 0.717) is 12.1 Å². The Hall–Kier alpha value is -1.29. The molecule has 0 bridgehead atoms. The molecule has 1 aromatic heterocycles. The van der Waals surface area contributed by atoms with Crippen molar-refractivity contribution >= 4 is 11.5 Å². The maximum absolute atomic E-state index is 5.86. The molecule has 1 aliphatic carbocycles. The highest BCUT2D eigenvalue weighted by atomic mass is 16.5. The number of nitrogens with one attached hydrogen (secondary N) is 1. The second-order valence-corrected chi connectivity index (χ2v) is 5.03. The fourth-order valence-corrected chi connectivity index (χ4v) is 3.12. The molecule has 2 aliphatic rings. The predicted molar refractivity (Wildman–Crippen MR) is 73.1 cm³/mol. The monoisotopic (exact) mass is 247 g/mol. The Bertz CT molecular complexity index is 410. The van der Waals surface area contributed by atoms with Crippen molar-refractivity contribution in [3.05, 3.63) is 18.3 Å². The standard InChI is InChI=1S/C14H21N3O/c1-2-15-14-10-11(6-7-16-14)17-8-9-18-13-5-3-4-12(13)17/h6-7,10,12-13H,2-5,8-9H2,1H3,(H,15,16). The van der Waals surface area contributed by atoms with Crippen LogP contribution in [0, 0.1) is 0 Å². The van der Waals surface area contributed by atoms with Gasteiger partial charge in [0.15, 0.2) is 0 Å². The highest BCUT2D eigenvalue weighted by Crippen LogP contribution is 2.33. The second kappa shape index (κ2) is 5.14. The molecule has 0 amide bonds. The van der Waals surface area contributed by atoms with E-state index in [2.05, 4.69) is 34.3 Å². The quantitative estimate of drug-likeness (QED) is 0.889. The molecule has 4 heteroatoms. The normalized spacial score (nSPS) is 27.1. The van der Waals surface area contributed by atoms with Gasteiger partial charge in [0, 0.05) is 31.0 Å². The third-order valence-corrected chi connectivity index (χ3v) is 3.92. The van der Waals surface area contributed by atoms with Crippen molar-refractivity contribution in [1.82, 2.24) is 4.98 Å². The molecule has 0 spiro atoms. The first-order chi connectivity index (χ1) is 8.88. The Kier molecular flexibility index (Phi) is 3.37. The van der Waals surface area contributed by atoms with E-state index in [1.807, 2.05) is 6.20 Å². The minimum Gasteiger partial charge on any atom is -0.374 e. The van der Waals surface area contributed by atoms with Gasteiger partial charge in [-0.2, -0.15) is 0 Å². The van der Waals surface area contributed by atoms with E-state index in [0.717, 1.165) is 25.5 Å². The molecule has 1 aromatic rings. The Labute approximate surface area is 108 Å². The van der Waals surface area contributed by atoms with Gasteiger partial charge in [-0.15, -0.1) is 0 Å². The first kappa shape index (κ1) is 11.8. The lowest BCUT2D eigenvalue weighted by Crippen LogP contribution is -2.48. The van der Waals surface area contributed by atoms with Crippen molar-refractivity contribution in [3.63, 3.8) is 0 Å². The molecule has 2 atom stereocenters. The molecule has 18 heavy (non-hydrogen) atoms. The third kappa shape index (κ3) is 2.17. The van der Waals surface area contributed by atoms with Crippen LogP contribution in [-0.2, 0) is 4.74 Å². The summed E-state index contributed by atoms with van der Waals surface area (Å²) in [4.78, 5) is 6.84. The van der Waals surface area contributed by atoms with Crippen LogP contribution in [0.2, 0.25) is 0 Å². The number of fused-ring (bicyclic) bond motifs is 1. The number of rotatable bonds is 3. The first-order valence-electron chi connectivity index (χ1n) is 6.96. The van der Waals surface area contributed by atoms with Gasteiger partial charge in [-0.05, 0) is 32.3 Å². The molecule has 1 N–H and O–H groups in total. The second-order valence-electron chi connectivity index (χ2n) is 5.03. The van der Waals surface area contributed by atoms with Crippen molar-refractivity contribution in [2.45, 2.75) is 38.3 Å². The van der Waals surface area contributed by atoms with Gasteiger partial charge < -0.3 is 15.0 Å². The van der Waals surface area contributed by atoms with Gasteiger partial charge in [-0.1, -0.05) is 0 Å². The van der Waals surface area contributed by atoms with Gasteiger partial charge >= 0.3 is 0 Å². The zero-order valence-corrected chi connectivity index (χ0v) is 10.9.